The van der Waals surface area contributed by atoms with Crippen LogP contribution < -0.4 is 10.6 Å². The number of sulfone groups is 1. The molecule has 14 heteroatoms. The van der Waals surface area contributed by atoms with E-state index in [4.69, 9.17) is 20.6 Å². The van der Waals surface area contributed by atoms with Gasteiger partial charge in [0.25, 0.3) is 5.91 Å². The number of amides is 1. The third-order valence-corrected chi connectivity index (χ3v) is 10.1. The minimum absolute atomic E-state index is 0.0946. The lowest BCUT2D eigenvalue weighted by Crippen LogP contribution is -2.67. The number of rotatable bonds is 6. The van der Waals surface area contributed by atoms with Gasteiger partial charge in [0.2, 0.25) is 0 Å². The number of likely N-dealkylation sites (tertiary alicyclic amines) is 1. The maximum atomic E-state index is 13.7. The largest absolute Gasteiger partial charge is 0.416 e. The monoisotopic (exact) mass is 578 g/mol. The molecule has 3 fully saturated rings. The van der Waals surface area contributed by atoms with Gasteiger partial charge in [0.15, 0.2) is 21.3 Å². The second kappa shape index (κ2) is 9.42. The maximum Gasteiger partial charge on any atom is 0.416 e. The highest BCUT2D eigenvalue weighted by Crippen LogP contribution is 2.42. The number of imidazole rings is 1. The van der Waals surface area contributed by atoms with Crippen LogP contribution in [0.1, 0.15) is 38.4 Å². The molecule has 5 heterocycles. The number of hydrogen-bond donors (Lipinski definition) is 1. The number of carbonyl (C=O) groups is 1. The second-order valence-corrected chi connectivity index (χ2v) is 13.1. The number of primary amides is 1. The quantitative estimate of drug-likeness (QED) is 0.470. The molecule has 0 atom stereocenters. The predicted molar refractivity (Wildman–Crippen MR) is 140 cm³/mol. The zero-order chi connectivity index (χ0) is 28.4. The molecule has 0 bridgehead atoms. The van der Waals surface area contributed by atoms with Crippen molar-refractivity contribution >= 4 is 27.2 Å². The fraction of sp³-hybridized carbons (Fsp3) is 0.500. The Morgan fingerprint density at radius 3 is 2.50 bits per heavy atom. The molecule has 40 heavy (non-hydrogen) atoms. The summed E-state index contributed by atoms with van der Waals surface area (Å²) in [6, 6.07) is 5.68. The lowest BCUT2D eigenvalue weighted by Gasteiger charge is -2.54. The van der Waals surface area contributed by atoms with Crippen molar-refractivity contribution < 1.29 is 31.1 Å². The van der Waals surface area contributed by atoms with Gasteiger partial charge in [0.05, 0.1) is 47.2 Å². The lowest BCUT2D eigenvalue weighted by molar-refractivity contribution is -0.138. The third kappa shape index (κ3) is 4.81. The van der Waals surface area contributed by atoms with E-state index in [2.05, 4.69) is 4.90 Å². The molecular formula is C26H29F3N6O4S. The normalized spacial score (nSPS) is 20.4. The number of morpholine rings is 1. The molecule has 3 saturated heterocycles. The van der Waals surface area contributed by atoms with E-state index in [0.29, 0.717) is 68.7 Å². The van der Waals surface area contributed by atoms with Crippen molar-refractivity contribution in [1.82, 2.24) is 19.5 Å². The van der Waals surface area contributed by atoms with Gasteiger partial charge in [-0.25, -0.2) is 17.9 Å². The summed E-state index contributed by atoms with van der Waals surface area (Å²) in [5, 5.41) is 4.78. The zero-order valence-corrected chi connectivity index (χ0v) is 22.7. The Balaban J connectivity index is 1.43. The lowest BCUT2D eigenvalue weighted by atomic mass is 9.83. The van der Waals surface area contributed by atoms with Crippen LogP contribution in [0.4, 0.5) is 19.0 Å². The van der Waals surface area contributed by atoms with Gasteiger partial charge in [-0.1, -0.05) is 12.1 Å². The highest BCUT2D eigenvalue weighted by atomic mass is 32.2. The standard InChI is InChI=1S/C26H29F3N6O4S/c1-16-17(3-2-4-19(16)26(27,28)29)9-21-20(11-33-12-25(13-33)14-40(37,38)15-25)31-24-18(23(30)36)10-22(32-35(21)24)34-5-7-39-8-6-34/h2-4,10H,5-9,11-15H2,1H3,(H2,30,36). The van der Waals surface area contributed by atoms with Crippen LogP contribution in [0.25, 0.3) is 5.65 Å². The molecule has 6 rings (SSSR count). The van der Waals surface area contributed by atoms with E-state index in [9.17, 15) is 26.4 Å². The fourth-order valence-electron chi connectivity index (χ4n) is 6.19. The number of anilines is 1. The van der Waals surface area contributed by atoms with Crippen LogP contribution in [0.3, 0.4) is 0 Å². The highest BCUT2D eigenvalue weighted by Gasteiger charge is 2.55. The summed E-state index contributed by atoms with van der Waals surface area (Å²) in [4.78, 5) is 21.3. The maximum absolute atomic E-state index is 13.7. The van der Waals surface area contributed by atoms with Gasteiger partial charge in [-0.3, -0.25) is 9.69 Å². The van der Waals surface area contributed by atoms with Gasteiger partial charge >= 0.3 is 6.18 Å². The van der Waals surface area contributed by atoms with Crippen molar-refractivity contribution in [2.45, 2.75) is 26.1 Å². The van der Waals surface area contributed by atoms with Gasteiger partial charge in [0.1, 0.15) is 0 Å². The van der Waals surface area contributed by atoms with Gasteiger partial charge in [-0.2, -0.15) is 13.2 Å². The molecule has 3 aliphatic heterocycles. The van der Waals surface area contributed by atoms with Gasteiger partial charge in [-0.05, 0) is 30.2 Å². The van der Waals surface area contributed by atoms with E-state index >= 15 is 0 Å². The number of fused-ring (bicyclic) bond motifs is 1. The van der Waals surface area contributed by atoms with Crippen LogP contribution in [0.2, 0.25) is 0 Å². The second-order valence-electron chi connectivity index (χ2n) is 11.1. The summed E-state index contributed by atoms with van der Waals surface area (Å²) in [5.41, 5.74) is 6.88. The van der Waals surface area contributed by atoms with Crippen molar-refractivity contribution in [1.29, 1.82) is 0 Å². The number of hydrogen-bond acceptors (Lipinski definition) is 8. The number of benzene rings is 1. The molecule has 0 unspecified atom stereocenters. The number of halogens is 3. The summed E-state index contributed by atoms with van der Waals surface area (Å²) < 4.78 is 71.5. The first kappa shape index (κ1) is 27.0. The molecule has 3 aliphatic rings. The number of nitrogens with two attached hydrogens (primary N) is 1. The molecule has 1 amide bonds. The van der Waals surface area contributed by atoms with Crippen LogP contribution in [-0.4, -0.2) is 84.7 Å². The van der Waals surface area contributed by atoms with Gasteiger partial charge in [-0.15, -0.1) is 5.10 Å². The van der Waals surface area contributed by atoms with Crippen molar-refractivity contribution in [3.63, 3.8) is 0 Å². The molecule has 10 nitrogen and oxygen atoms in total. The molecule has 2 aromatic heterocycles. The molecule has 1 spiro atoms. The number of carbonyl (C=O) groups excluding carboxylic acids is 1. The average molecular weight is 579 g/mol. The number of nitrogens with zero attached hydrogens (tertiary/aromatic N) is 5. The number of ether oxygens (including phenoxy) is 1. The first-order chi connectivity index (χ1) is 18.8. The summed E-state index contributed by atoms with van der Waals surface area (Å²) in [6.45, 7) is 5.03. The van der Waals surface area contributed by atoms with E-state index in [1.54, 1.807) is 12.1 Å². The first-order valence-corrected chi connectivity index (χ1v) is 14.8. The van der Waals surface area contributed by atoms with Crippen LogP contribution >= 0.6 is 0 Å². The Bertz CT molecular complexity index is 1590. The summed E-state index contributed by atoms with van der Waals surface area (Å²) >= 11 is 0. The van der Waals surface area contributed by atoms with E-state index < -0.39 is 27.5 Å². The Labute approximate surface area is 228 Å². The SMILES string of the molecule is Cc1c(Cc2c(CN3CC4(C3)CS(=O)(=O)C4)nc3c(C(N)=O)cc(N4CCOCC4)nn23)cccc1C(F)(F)F. The summed E-state index contributed by atoms with van der Waals surface area (Å²) in [5.74, 6) is 0.128. The molecule has 2 N–H and O–H groups in total. The Morgan fingerprint density at radius 2 is 1.88 bits per heavy atom. The topological polar surface area (TPSA) is 123 Å². The van der Waals surface area contributed by atoms with Crippen molar-refractivity contribution in [2.75, 3.05) is 55.8 Å². The molecule has 1 aromatic carbocycles. The predicted octanol–water partition coefficient (Wildman–Crippen LogP) is 1.81. The minimum Gasteiger partial charge on any atom is -0.378 e. The van der Waals surface area contributed by atoms with Crippen LogP contribution in [-0.2, 0) is 33.7 Å². The van der Waals surface area contributed by atoms with Crippen molar-refractivity contribution in [3.8, 4) is 0 Å². The Morgan fingerprint density at radius 1 is 1.18 bits per heavy atom. The van der Waals surface area contributed by atoms with Crippen LogP contribution in [0.5, 0.6) is 0 Å². The highest BCUT2D eigenvalue weighted by molar-refractivity contribution is 7.92. The van der Waals surface area contributed by atoms with Crippen LogP contribution in [0, 0.1) is 12.3 Å². The van der Waals surface area contributed by atoms with Crippen LogP contribution in [0.15, 0.2) is 24.3 Å². The van der Waals surface area contributed by atoms with Gasteiger partial charge in [0, 0.05) is 44.6 Å². The minimum atomic E-state index is -4.50. The van der Waals surface area contributed by atoms with Crippen molar-refractivity contribution in [2.24, 2.45) is 11.1 Å². The molecule has 0 saturated carbocycles. The van der Waals surface area contributed by atoms with Crippen molar-refractivity contribution in [3.05, 3.63) is 57.9 Å². The molecule has 214 valence electrons. The first-order valence-electron chi connectivity index (χ1n) is 13.0. The van der Waals surface area contributed by atoms with E-state index in [-0.39, 0.29) is 40.1 Å². The Hall–Kier alpha value is -3.23. The summed E-state index contributed by atoms with van der Waals surface area (Å²) in [6.07, 6.45) is -4.41. The number of alkyl halides is 3. The average Bonchev–Trinajstić information content (AvgIpc) is 3.19. The van der Waals surface area contributed by atoms with E-state index in [1.165, 1.54) is 17.5 Å². The van der Waals surface area contributed by atoms with E-state index in [0.717, 1.165) is 6.07 Å². The number of aromatic nitrogens is 3. The molecule has 3 aromatic rings. The third-order valence-electron chi connectivity index (χ3n) is 8.00. The smallest absolute Gasteiger partial charge is 0.378 e. The Kier molecular flexibility index (Phi) is 6.35. The molecular weight excluding hydrogens is 549 g/mol. The molecule has 0 radical (unpaired) electrons. The zero-order valence-electron chi connectivity index (χ0n) is 21.9. The summed E-state index contributed by atoms with van der Waals surface area (Å²) in [7, 11) is -2.98. The van der Waals surface area contributed by atoms with E-state index in [1.807, 2.05) is 4.90 Å². The molecule has 0 aliphatic carbocycles. The van der Waals surface area contributed by atoms with Gasteiger partial charge < -0.3 is 15.4 Å². The fourth-order valence-corrected chi connectivity index (χ4v) is 8.34.